The molecule has 0 amide bonds. The van der Waals surface area contributed by atoms with Crippen LogP contribution in [0.3, 0.4) is 0 Å². The van der Waals surface area contributed by atoms with Gasteiger partial charge in [-0.15, -0.1) is 11.3 Å². The molecule has 1 aromatic carbocycles. The third-order valence-electron chi connectivity index (χ3n) is 2.30. The molecule has 0 unspecified atom stereocenters. The van der Waals surface area contributed by atoms with Crippen molar-refractivity contribution >= 4 is 28.6 Å². The minimum Gasteiger partial charge on any atom is -0.398 e. The minimum absolute atomic E-state index is 0.623. The van der Waals surface area contributed by atoms with Gasteiger partial charge in [0.2, 0.25) is 0 Å². The Labute approximate surface area is 98.5 Å². The molecule has 0 spiro atoms. The zero-order chi connectivity index (χ0) is 11.0. The molecule has 0 aliphatic carbocycles. The van der Waals surface area contributed by atoms with Crippen molar-refractivity contribution in [3.05, 3.63) is 39.7 Å². The lowest BCUT2D eigenvalue weighted by Crippen LogP contribution is -1.86. The molecule has 0 fully saturated rings. The van der Waals surface area contributed by atoms with Crippen molar-refractivity contribution in [2.75, 3.05) is 5.73 Å². The number of benzene rings is 1. The van der Waals surface area contributed by atoms with Crippen LogP contribution in [0.1, 0.15) is 10.4 Å². The molecule has 0 radical (unpaired) electrons. The minimum atomic E-state index is 0.623. The van der Waals surface area contributed by atoms with Gasteiger partial charge in [0, 0.05) is 9.75 Å². The second-order valence-corrected chi connectivity index (χ2v) is 5.27. The van der Waals surface area contributed by atoms with Gasteiger partial charge in [-0.2, -0.15) is 0 Å². The second-order valence-electron chi connectivity index (χ2n) is 3.61. The quantitative estimate of drug-likeness (QED) is 0.737. The van der Waals surface area contributed by atoms with Crippen LogP contribution in [0.15, 0.2) is 24.3 Å². The first-order valence-corrected chi connectivity index (χ1v) is 5.90. The molecular weight excluding hydrogens is 226 g/mol. The lowest BCUT2D eigenvalue weighted by molar-refractivity contribution is 1.50. The van der Waals surface area contributed by atoms with Crippen molar-refractivity contribution in [2.24, 2.45) is 0 Å². The van der Waals surface area contributed by atoms with Crippen LogP contribution in [0, 0.1) is 13.8 Å². The normalized spacial score (nSPS) is 10.6. The van der Waals surface area contributed by atoms with Gasteiger partial charge in [-0.05, 0) is 43.2 Å². The predicted octanol–water partition coefficient (Wildman–Crippen LogP) is 4.27. The Kier molecular flexibility index (Phi) is 2.72. The molecule has 15 heavy (non-hydrogen) atoms. The molecule has 1 nitrogen and oxygen atoms in total. The van der Waals surface area contributed by atoms with Gasteiger partial charge in [0.15, 0.2) is 0 Å². The van der Waals surface area contributed by atoms with Gasteiger partial charge in [0.05, 0.1) is 10.7 Å². The van der Waals surface area contributed by atoms with E-state index in [1.165, 1.54) is 15.3 Å². The summed E-state index contributed by atoms with van der Waals surface area (Å²) in [6.07, 6.45) is 0. The molecule has 2 aromatic rings. The van der Waals surface area contributed by atoms with Crippen molar-refractivity contribution < 1.29 is 0 Å². The number of nitrogens with two attached hydrogens (primary N) is 1. The molecule has 0 saturated heterocycles. The number of rotatable bonds is 1. The fourth-order valence-corrected chi connectivity index (χ4v) is 2.80. The highest BCUT2D eigenvalue weighted by Gasteiger charge is 2.07. The summed E-state index contributed by atoms with van der Waals surface area (Å²) in [6.45, 7) is 4.23. The fourth-order valence-electron chi connectivity index (χ4n) is 1.60. The topological polar surface area (TPSA) is 26.0 Å². The Hall–Kier alpha value is -0.990. The number of hydrogen-bond donors (Lipinski definition) is 1. The largest absolute Gasteiger partial charge is 0.398 e. The smallest absolute Gasteiger partial charge is 0.0641 e. The highest BCUT2D eigenvalue weighted by atomic mass is 35.5. The van der Waals surface area contributed by atoms with E-state index in [1.54, 1.807) is 11.3 Å². The summed E-state index contributed by atoms with van der Waals surface area (Å²) >= 11 is 7.79. The van der Waals surface area contributed by atoms with Crippen molar-refractivity contribution in [1.82, 2.24) is 0 Å². The summed E-state index contributed by atoms with van der Waals surface area (Å²) in [7, 11) is 0. The van der Waals surface area contributed by atoms with Gasteiger partial charge < -0.3 is 5.73 Å². The van der Waals surface area contributed by atoms with E-state index in [9.17, 15) is 0 Å². The number of anilines is 1. The predicted molar refractivity (Wildman–Crippen MR) is 68.7 cm³/mol. The first-order valence-electron chi connectivity index (χ1n) is 4.70. The highest BCUT2D eigenvalue weighted by molar-refractivity contribution is 7.15. The summed E-state index contributed by atoms with van der Waals surface area (Å²) in [5.41, 5.74) is 8.75. The van der Waals surface area contributed by atoms with Crippen LogP contribution in [0.5, 0.6) is 0 Å². The molecule has 0 saturated carbocycles. The number of aryl methyl sites for hydroxylation is 2. The maximum absolute atomic E-state index is 6.00. The fraction of sp³-hybridized carbons (Fsp3) is 0.167. The first-order chi connectivity index (χ1) is 7.08. The Balaban J connectivity index is 2.54. The summed E-state index contributed by atoms with van der Waals surface area (Å²) in [5, 5.41) is 0.623. The number of nitrogen functional groups attached to an aromatic ring is 1. The molecule has 0 aliphatic heterocycles. The Morgan fingerprint density at radius 1 is 1.20 bits per heavy atom. The summed E-state index contributed by atoms with van der Waals surface area (Å²) in [5.74, 6) is 0. The molecular formula is C12H12ClNS. The highest BCUT2D eigenvalue weighted by Crippen LogP contribution is 2.34. The lowest BCUT2D eigenvalue weighted by atomic mass is 10.1. The first kappa shape index (κ1) is 10.5. The van der Waals surface area contributed by atoms with Crippen LogP contribution in [-0.4, -0.2) is 0 Å². The number of thiophene rings is 1. The molecule has 0 bridgehead atoms. The average Bonchev–Trinajstić information content (AvgIpc) is 2.50. The summed E-state index contributed by atoms with van der Waals surface area (Å²) in [6, 6.07) is 7.98. The second kappa shape index (κ2) is 3.87. The molecule has 1 aromatic heterocycles. The lowest BCUT2D eigenvalue weighted by Gasteiger charge is -2.02. The average molecular weight is 238 g/mol. The monoisotopic (exact) mass is 237 g/mol. The third kappa shape index (κ3) is 2.01. The molecule has 2 rings (SSSR count). The van der Waals surface area contributed by atoms with Crippen LogP contribution in [0.2, 0.25) is 5.02 Å². The van der Waals surface area contributed by atoms with Crippen LogP contribution in [0.25, 0.3) is 10.4 Å². The van der Waals surface area contributed by atoms with Crippen LogP contribution < -0.4 is 5.73 Å². The van der Waals surface area contributed by atoms with E-state index in [4.69, 9.17) is 17.3 Å². The molecule has 78 valence electrons. The van der Waals surface area contributed by atoms with Gasteiger partial charge in [0.1, 0.15) is 0 Å². The van der Waals surface area contributed by atoms with Gasteiger partial charge in [-0.1, -0.05) is 17.7 Å². The Morgan fingerprint density at radius 3 is 2.47 bits per heavy atom. The number of hydrogen-bond acceptors (Lipinski definition) is 2. The van der Waals surface area contributed by atoms with Gasteiger partial charge >= 0.3 is 0 Å². The Bertz CT molecular complexity index is 502. The van der Waals surface area contributed by atoms with E-state index >= 15 is 0 Å². The number of halogens is 1. The zero-order valence-electron chi connectivity index (χ0n) is 8.67. The molecule has 0 aliphatic rings. The van der Waals surface area contributed by atoms with E-state index in [2.05, 4.69) is 19.9 Å². The third-order valence-corrected chi connectivity index (χ3v) is 3.83. The van der Waals surface area contributed by atoms with E-state index in [-0.39, 0.29) is 0 Å². The molecule has 0 atom stereocenters. The standard InChI is InChI=1S/C12H12ClNS/c1-7-5-8(2)15-12(7)9-3-4-11(14)10(13)6-9/h3-6H,14H2,1-2H3. The van der Waals surface area contributed by atoms with E-state index in [0.29, 0.717) is 10.7 Å². The van der Waals surface area contributed by atoms with Crippen molar-refractivity contribution in [3.8, 4) is 10.4 Å². The summed E-state index contributed by atoms with van der Waals surface area (Å²) in [4.78, 5) is 2.59. The maximum Gasteiger partial charge on any atom is 0.0641 e. The maximum atomic E-state index is 6.00. The van der Waals surface area contributed by atoms with Gasteiger partial charge in [-0.3, -0.25) is 0 Å². The molecule has 1 heterocycles. The van der Waals surface area contributed by atoms with Crippen LogP contribution >= 0.6 is 22.9 Å². The van der Waals surface area contributed by atoms with Gasteiger partial charge in [-0.25, -0.2) is 0 Å². The van der Waals surface area contributed by atoms with E-state index in [0.717, 1.165) is 5.56 Å². The SMILES string of the molecule is Cc1cc(C)c(-c2ccc(N)c(Cl)c2)s1. The van der Waals surface area contributed by atoms with Gasteiger partial charge in [0.25, 0.3) is 0 Å². The van der Waals surface area contributed by atoms with Crippen molar-refractivity contribution in [1.29, 1.82) is 0 Å². The van der Waals surface area contributed by atoms with E-state index < -0.39 is 0 Å². The Morgan fingerprint density at radius 2 is 1.93 bits per heavy atom. The van der Waals surface area contributed by atoms with Crippen LogP contribution in [0.4, 0.5) is 5.69 Å². The molecule has 3 heteroatoms. The van der Waals surface area contributed by atoms with Crippen LogP contribution in [-0.2, 0) is 0 Å². The summed E-state index contributed by atoms with van der Waals surface area (Å²) < 4.78 is 0. The molecule has 2 N–H and O–H groups in total. The zero-order valence-corrected chi connectivity index (χ0v) is 10.2. The van der Waals surface area contributed by atoms with E-state index in [1.807, 2.05) is 18.2 Å². The van der Waals surface area contributed by atoms with Crippen molar-refractivity contribution in [2.45, 2.75) is 13.8 Å². The van der Waals surface area contributed by atoms with Crippen molar-refractivity contribution in [3.63, 3.8) is 0 Å².